The zero-order chi connectivity index (χ0) is 15.2. The smallest absolute Gasteiger partial charge is 0.317 e. The van der Waals surface area contributed by atoms with E-state index < -0.39 is 0 Å². The van der Waals surface area contributed by atoms with Gasteiger partial charge in [0.1, 0.15) is 0 Å². The molecule has 4 nitrogen and oxygen atoms in total. The second-order valence-electron chi connectivity index (χ2n) is 7.07. The molecular weight excluding hydrogens is 276 g/mol. The fourth-order valence-corrected chi connectivity index (χ4v) is 4.61. The predicted octanol–water partition coefficient (Wildman–Crippen LogP) is 2.06. The van der Waals surface area contributed by atoms with Crippen LogP contribution < -0.4 is 5.32 Å². The molecule has 2 aliphatic carbocycles. The minimum Gasteiger partial charge on any atom is -0.394 e. The number of aliphatic hydroxyl groups is 1. The lowest BCUT2D eigenvalue weighted by Crippen LogP contribution is -2.45. The standard InChI is InChI=1S/C18H24N2O2/c21-12-15-5-3-9-20(15)17(22)19-11-14-10-18(14)8-7-13-4-1-2-6-16(13)18/h1-2,4,6,14-15,21H,3,5,7-12H2,(H,19,22)/t14-,15-,18-/m1/s1. The first-order chi connectivity index (χ1) is 10.7. The van der Waals surface area contributed by atoms with E-state index in [1.807, 2.05) is 0 Å². The van der Waals surface area contributed by atoms with Crippen molar-refractivity contribution < 1.29 is 9.90 Å². The number of likely N-dealkylation sites (tertiary alicyclic amines) is 1. The van der Waals surface area contributed by atoms with Crippen molar-refractivity contribution in [3.05, 3.63) is 35.4 Å². The van der Waals surface area contributed by atoms with Crippen molar-refractivity contribution in [2.45, 2.75) is 43.6 Å². The van der Waals surface area contributed by atoms with Crippen LogP contribution in [-0.2, 0) is 11.8 Å². The molecule has 1 aliphatic heterocycles. The SMILES string of the molecule is O=C(NC[C@H]1C[C@]12CCc1ccccc12)N1CCC[C@@H]1CO. The van der Waals surface area contributed by atoms with Gasteiger partial charge in [-0.05, 0) is 49.1 Å². The number of nitrogens with zero attached hydrogens (tertiary/aromatic N) is 1. The summed E-state index contributed by atoms with van der Waals surface area (Å²) in [5, 5.41) is 12.4. The molecule has 0 bridgehead atoms. The molecule has 1 spiro atoms. The molecule has 22 heavy (non-hydrogen) atoms. The first-order valence-corrected chi connectivity index (χ1v) is 8.48. The van der Waals surface area contributed by atoms with Crippen LogP contribution in [0.1, 0.15) is 36.8 Å². The maximum Gasteiger partial charge on any atom is 0.317 e. The van der Waals surface area contributed by atoms with Crippen LogP contribution in [0.5, 0.6) is 0 Å². The molecule has 0 unspecified atom stereocenters. The van der Waals surface area contributed by atoms with E-state index in [0.29, 0.717) is 11.3 Å². The summed E-state index contributed by atoms with van der Waals surface area (Å²) in [7, 11) is 0. The molecule has 1 saturated carbocycles. The molecule has 0 aromatic heterocycles. The number of rotatable bonds is 3. The number of carbonyl (C=O) groups excluding carboxylic acids is 1. The Hall–Kier alpha value is -1.55. The second-order valence-corrected chi connectivity index (χ2v) is 7.07. The Balaban J connectivity index is 1.36. The minimum atomic E-state index is 0.00452. The lowest BCUT2D eigenvalue weighted by Gasteiger charge is -2.23. The molecule has 1 aromatic rings. The summed E-state index contributed by atoms with van der Waals surface area (Å²) in [5.41, 5.74) is 3.35. The van der Waals surface area contributed by atoms with Crippen LogP contribution in [0.25, 0.3) is 0 Å². The van der Waals surface area contributed by atoms with Gasteiger partial charge in [-0.25, -0.2) is 4.79 Å². The van der Waals surface area contributed by atoms with Gasteiger partial charge >= 0.3 is 6.03 Å². The Bertz CT molecular complexity index is 588. The zero-order valence-corrected chi connectivity index (χ0v) is 12.9. The van der Waals surface area contributed by atoms with Crippen molar-refractivity contribution in [3.63, 3.8) is 0 Å². The van der Waals surface area contributed by atoms with E-state index in [2.05, 4.69) is 29.6 Å². The monoisotopic (exact) mass is 300 g/mol. The summed E-state index contributed by atoms with van der Waals surface area (Å²) in [6.07, 6.45) is 5.53. The van der Waals surface area contributed by atoms with Crippen LogP contribution in [0.15, 0.2) is 24.3 Å². The van der Waals surface area contributed by atoms with E-state index in [-0.39, 0.29) is 18.7 Å². The molecule has 3 atom stereocenters. The zero-order valence-electron chi connectivity index (χ0n) is 12.9. The van der Waals surface area contributed by atoms with Crippen molar-refractivity contribution in [2.75, 3.05) is 19.7 Å². The second kappa shape index (κ2) is 5.27. The van der Waals surface area contributed by atoms with Crippen LogP contribution in [0.3, 0.4) is 0 Å². The molecule has 2 N–H and O–H groups in total. The highest BCUT2D eigenvalue weighted by Gasteiger charge is 2.57. The Labute approximate surface area is 131 Å². The lowest BCUT2D eigenvalue weighted by molar-refractivity contribution is 0.157. The Morgan fingerprint density at radius 1 is 1.41 bits per heavy atom. The number of amides is 2. The number of fused-ring (bicyclic) bond motifs is 2. The summed E-state index contributed by atoms with van der Waals surface area (Å²) in [6.45, 7) is 1.62. The predicted molar refractivity (Wildman–Crippen MR) is 84.8 cm³/mol. The molecule has 4 rings (SSSR count). The topological polar surface area (TPSA) is 52.6 Å². The molecule has 4 heteroatoms. The van der Waals surface area contributed by atoms with Gasteiger partial charge in [-0.2, -0.15) is 0 Å². The fourth-order valence-electron chi connectivity index (χ4n) is 4.61. The number of benzene rings is 1. The van der Waals surface area contributed by atoms with Crippen LogP contribution in [0.2, 0.25) is 0 Å². The van der Waals surface area contributed by atoms with Gasteiger partial charge in [0, 0.05) is 18.5 Å². The van der Waals surface area contributed by atoms with Gasteiger partial charge in [0.25, 0.3) is 0 Å². The van der Waals surface area contributed by atoms with Crippen LogP contribution in [-0.4, -0.2) is 41.8 Å². The van der Waals surface area contributed by atoms with Crippen molar-refractivity contribution in [1.29, 1.82) is 0 Å². The summed E-state index contributed by atoms with van der Waals surface area (Å²) in [6, 6.07) is 8.79. The third-order valence-electron chi connectivity index (χ3n) is 5.97. The number of aryl methyl sites for hydroxylation is 1. The van der Waals surface area contributed by atoms with E-state index in [9.17, 15) is 9.90 Å². The third-order valence-corrected chi connectivity index (χ3v) is 5.97. The largest absolute Gasteiger partial charge is 0.394 e. The molecule has 1 saturated heterocycles. The van der Waals surface area contributed by atoms with E-state index >= 15 is 0 Å². The first kappa shape index (κ1) is 14.1. The van der Waals surface area contributed by atoms with Crippen LogP contribution >= 0.6 is 0 Å². The van der Waals surface area contributed by atoms with Crippen molar-refractivity contribution >= 4 is 6.03 Å². The number of nitrogens with one attached hydrogen (secondary N) is 1. The summed E-state index contributed by atoms with van der Waals surface area (Å²) in [5.74, 6) is 0.579. The van der Waals surface area contributed by atoms with Gasteiger partial charge in [-0.3, -0.25) is 0 Å². The van der Waals surface area contributed by atoms with Gasteiger partial charge < -0.3 is 15.3 Å². The Morgan fingerprint density at radius 3 is 3.14 bits per heavy atom. The molecule has 1 heterocycles. The average Bonchev–Trinajstić information content (AvgIpc) is 2.89. The molecule has 0 radical (unpaired) electrons. The van der Waals surface area contributed by atoms with Gasteiger partial charge in [-0.1, -0.05) is 24.3 Å². The average molecular weight is 300 g/mol. The number of carbonyl (C=O) groups is 1. The first-order valence-electron chi connectivity index (χ1n) is 8.48. The van der Waals surface area contributed by atoms with E-state index in [0.717, 1.165) is 25.9 Å². The highest BCUT2D eigenvalue weighted by atomic mass is 16.3. The number of hydrogen-bond acceptors (Lipinski definition) is 2. The molecule has 2 amide bonds. The Kier molecular flexibility index (Phi) is 3.37. The van der Waals surface area contributed by atoms with Crippen molar-refractivity contribution in [2.24, 2.45) is 5.92 Å². The quantitative estimate of drug-likeness (QED) is 0.898. The normalized spacial score (nSPS) is 32.3. The van der Waals surface area contributed by atoms with Gasteiger partial charge in [0.2, 0.25) is 0 Å². The number of hydrogen-bond donors (Lipinski definition) is 2. The number of urea groups is 1. The fraction of sp³-hybridized carbons (Fsp3) is 0.611. The minimum absolute atomic E-state index is 0.00452. The van der Waals surface area contributed by atoms with Gasteiger partial charge in [-0.15, -0.1) is 0 Å². The van der Waals surface area contributed by atoms with E-state index in [1.54, 1.807) is 4.90 Å². The molecule has 2 fully saturated rings. The molecular formula is C18H24N2O2. The van der Waals surface area contributed by atoms with Crippen molar-refractivity contribution in [3.8, 4) is 0 Å². The third kappa shape index (κ3) is 2.12. The summed E-state index contributed by atoms with van der Waals surface area (Å²) < 4.78 is 0. The van der Waals surface area contributed by atoms with E-state index in [4.69, 9.17) is 0 Å². The lowest BCUT2D eigenvalue weighted by atomic mass is 9.95. The van der Waals surface area contributed by atoms with Crippen LogP contribution in [0, 0.1) is 5.92 Å². The molecule has 1 aromatic carbocycles. The van der Waals surface area contributed by atoms with E-state index in [1.165, 1.54) is 30.4 Å². The summed E-state index contributed by atoms with van der Waals surface area (Å²) >= 11 is 0. The van der Waals surface area contributed by atoms with Crippen LogP contribution in [0.4, 0.5) is 4.79 Å². The maximum atomic E-state index is 12.3. The molecule has 3 aliphatic rings. The van der Waals surface area contributed by atoms with Gasteiger partial charge in [0.15, 0.2) is 0 Å². The number of aliphatic hydroxyl groups excluding tert-OH is 1. The van der Waals surface area contributed by atoms with Gasteiger partial charge in [0.05, 0.1) is 12.6 Å². The maximum absolute atomic E-state index is 12.3. The molecule has 118 valence electrons. The van der Waals surface area contributed by atoms with Crippen molar-refractivity contribution in [1.82, 2.24) is 10.2 Å². The highest BCUT2D eigenvalue weighted by molar-refractivity contribution is 5.75. The highest BCUT2D eigenvalue weighted by Crippen LogP contribution is 2.61. The Morgan fingerprint density at radius 2 is 2.27 bits per heavy atom. The summed E-state index contributed by atoms with van der Waals surface area (Å²) in [4.78, 5) is 14.1.